The fourth-order valence-electron chi connectivity index (χ4n) is 7.43. The van der Waals surface area contributed by atoms with Crippen LogP contribution >= 0.6 is 0 Å². The number of carbonyl (C=O) groups excluding carboxylic acids is 1. The third-order valence-electron chi connectivity index (χ3n) is 9.69. The molecule has 4 aliphatic heterocycles. The highest BCUT2D eigenvalue weighted by atomic mass is 16.6. The maximum atomic E-state index is 13.2. The van der Waals surface area contributed by atoms with E-state index in [-0.39, 0.29) is 41.5 Å². The number of piperidine rings is 1. The van der Waals surface area contributed by atoms with Crippen LogP contribution in [-0.2, 0) is 23.7 Å². The van der Waals surface area contributed by atoms with Crippen molar-refractivity contribution in [1.82, 2.24) is 9.80 Å². The summed E-state index contributed by atoms with van der Waals surface area (Å²) < 4.78 is 30.0. The largest absolute Gasteiger partial charge is 0.443 e. The highest BCUT2D eigenvalue weighted by Crippen LogP contribution is 2.60. The maximum absolute atomic E-state index is 13.2. The average molecular weight is 491 g/mol. The Morgan fingerprint density at radius 3 is 2.51 bits per heavy atom. The number of nitrogens with zero attached hydrogens (tertiary/aromatic N) is 2. The number of amides is 1. The van der Waals surface area contributed by atoms with Crippen LogP contribution < -0.4 is 0 Å². The average Bonchev–Trinajstić information content (AvgIpc) is 3.80. The molecule has 4 saturated heterocycles. The van der Waals surface area contributed by atoms with Gasteiger partial charge in [0.15, 0.2) is 0 Å². The number of morpholine rings is 1. The van der Waals surface area contributed by atoms with Gasteiger partial charge in [-0.15, -0.1) is 0 Å². The molecule has 8 nitrogen and oxygen atoms in total. The molecule has 0 radical (unpaired) electrons. The van der Waals surface area contributed by atoms with Gasteiger partial charge in [-0.3, -0.25) is 4.90 Å². The Morgan fingerprint density at radius 2 is 1.89 bits per heavy atom. The molecule has 2 aliphatic carbocycles. The molecular weight excluding hydrogens is 448 g/mol. The summed E-state index contributed by atoms with van der Waals surface area (Å²) in [7, 11) is 1.73. The Kier molecular flexibility index (Phi) is 6.20. The van der Waals surface area contributed by atoms with E-state index < -0.39 is 0 Å². The van der Waals surface area contributed by atoms with Gasteiger partial charge in [0.25, 0.3) is 0 Å². The number of methoxy groups -OCH3 is 1. The summed E-state index contributed by atoms with van der Waals surface area (Å²) in [6, 6.07) is 0. The molecule has 196 valence electrons. The molecular formula is C27H42N2O6. The van der Waals surface area contributed by atoms with Gasteiger partial charge in [0.1, 0.15) is 23.4 Å². The van der Waals surface area contributed by atoms with Gasteiger partial charge in [0.05, 0.1) is 31.8 Å². The summed E-state index contributed by atoms with van der Waals surface area (Å²) in [6.45, 7) is 13.7. The number of epoxide rings is 2. The van der Waals surface area contributed by atoms with Gasteiger partial charge < -0.3 is 28.6 Å². The van der Waals surface area contributed by atoms with E-state index in [0.717, 1.165) is 77.7 Å². The Hall–Kier alpha value is -1.19. The number of likely N-dealkylation sites (tertiary alicyclic amines) is 1. The molecule has 6 rings (SSSR count). The minimum absolute atomic E-state index is 0.0620. The molecule has 1 unspecified atom stereocenters. The van der Waals surface area contributed by atoms with Crippen LogP contribution in [0.1, 0.15) is 40.0 Å². The molecule has 0 aromatic rings. The van der Waals surface area contributed by atoms with Crippen molar-refractivity contribution in [3.8, 4) is 0 Å². The van der Waals surface area contributed by atoms with Crippen LogP contribution in [0.25, 0.3) is 0 Å². The fourth-order valence-corrected chi connectivity index (χ4v) is 7.43. The molecule has 1 spiro atoms. The zero-order chi connectivity index (χ0) is 24.4. The Balaban J connectivity index is 1.05. The molecule has 8 heteroatoms. The Morgan fingerprint density at radius 1 is 1.17 bits per heavy atom. The Bertz CT molecular complexity index is 839. The predicted octanol–water partition coefficient (Wildman–Crippen LogP) is 2.71. The topological polar surface area (TPSA) is 76.3 Å². The zero-order valence-corrected chi connectivity index (χ0v) is 21.7. The van der Waals surface area contributed by atoms with Crippen LogP contribution in [0.4, 0.5) is 4.79 Å². The van der Waals surface area contributed by atoms with E-state index in [1.165, 1.54) is 5.57 Å². The lowest BCUT2D eigenvalue weighted by Crippen LogP contribution is -2.56. The van der Waals surface area contributed by atoms with Gasteiger partial charge in [-0.05, 0) is 57.8 Å². The number of carbonyl (C=O) groups is 1. The standard InChI is InChI=1S/C27H42N2O6/c1-17(2)5-6-22-26(3,35-22)24-23(31-4)21(7-8-27(24)16-33-27)34-25(30)29-14-19-18(20(19)15-29)13-28-9-11-32-12-10-28/h5,18-24H,6-16H2,1-4H3/t18-,19-,20+,21-,22-,23-,24?,26+,27+/m1/s1. The highest BCUT2D eigenvalue weighted by Gasteiger charge is 2.72. The number of ether oxygens (including phenoxy) is 5. The summed E-state index contributed by atoms with van der Waals surface area (Å²) in [6.07, 6.45) is 4.29. The molecule has 6 fully saturated rings. The van der Waals surface area contributed by atoms with Crippen LogP contribution in [0.15, 0.2) is 11.6 Å². The third kappa shape index (κ3) is 4.43. The van der Waals surface area contributed by atoms with Gasteiger partial charge in [-0.25, -0.2) is 4.79 Å². The lowest BCUT2D eigenvalue weighted by molar-refractivity contribution is -0.121. The second-order valence-corrected chi connectivity index (χ2v) is 12.1. The summed E-state index contributed by atoms with van der Waals surface area (Å²) in [4.78, 5) is 17.6. The molecule has 35 heavy (non-hydrogen) atoms. The highest BCUT2D eigenvalue weighted by molar-refractivity contribution is 5.68. The van der Waals surface area contributed by atoms with Crippen LogP contribution in [-0.4, -0.2) is 105 Å². The van der Waals surface area contributed by atoms with Gasteiger partial charge in [0, 0.05) is 39.8 Å². The van der Waals surface area contributed by atoms with E-state index in [1.54, 1.807) is 7.11 Å². The van der Waals surface area contributed by atoms with Crippen molar-refractivity contribution in [2.24, 2.45) is 23.7 Å². The lowest BCUT2D eigenvalue weighted by atomic mass is 9.68. The lowest BCUT2D eigenvalue weighted by Gasteiger charge is -2.43. The zero-order valence-electron chi connectivity index (χ0n) is 21.7. The first-order valence-corrected chi connectivity index (χ1v) is 13.6. The van der Waals surface area contributed by atoms with Crippen LogP contribution in [0.2, 0.25) is 0 Å². The third-order valence-corrected chi connectivity index (χ3v) is 9.69. The molecule has 0 bridgehead atoms. The molecule has 2 saturated carbocycles. The monoisotopic (exact) mass is 490 g/mol. The fraction of sp³-hybridized carbons (Fsp3) is 0.889. The smallest absolute Gasteiger partial charge is 0.410 e. The quantitative estimate of drug-likeness (QED) is 0.401. The van der Waals surface area contributed by atoms with E-state index in [2.05, 4.69) is 31.7 Å². The molecule has 0 aromatic heterocycles. The van der Waals surface area contributed by atoms with Crippen molar-refractivity contribution in [1.29, 1.82) is 0 Å². The van der Waals surface area contributed by atoms with Crippen molar-refractivity contribution in [3.05, 3.63) is 11.6 Å². The number of rotatable bonds is 7. The van der Waals surface area contributed by atoms with E-state index in [4.69, 9.17) is 23.7 Å². The van der Waals surface area contributed by atoms with Crippen molar-refractivity contribution in [3.63, 3.8) is 0 Å². The van der Waals surface area contributed by atoms with Gasteiger partial charge in [0.2, 0.25) is 0 Å². The molecule has 0 aromatic carbocycles. The minimum atomic E-state index is -0.309. The van der Waals surface area contributed by atoms with E-state index in [0.29, 0.717) is 11.8 Å². The van der Waals surface area contributed by atoms with E-state index in [1.807, 2.05) is 4.90 Å². The second kappa shape index (κ2) is 8.98. The van der Waals surface area contributed by atoms with E-state index in [9.17, 15) is 4.79 Å². The molecule has 9 atom stereocenters. The number of hydrogen-bond acceptors (Lipinski definition) is 7. The van der Waals surface area contributed by atoms with Gasteiger partial charge in [-0.1, -0.05) is 11.6 Å². The van der Waals surface area contributed by atoms with E-state index >= 15 is 0 Å². The van der Waals surface area contributed by atoms with Crippen molar-refractivity contribution < 1.29 is 28.5 Å². The first-order chi connectivity index (χ1) is 16.8. The van der Waals surface area contributed by atoms with Gasteiger partial charge >= 0.3 is 6.09 Å². The second-order valence-electron chi connectivity index (χ2n) is 12.1. The van der Waals surface area contributed by atoms with Gasteiger partial charge in [-0.2, -0.15) is 0 Å². The summed E-state index contributed by atoms with van der Waals surface area (Å²) in [5.74, 6) is 2.03. The molecule has 0 N–H and O–H groups in total. The number of allylic oxidation sites excluding steroid dienone is 1. The molecule has 1 amide bonds. The maximum Gasteiger partial charge on any atom is 0.410 e. The first-order valence-electron chi connectivity index (χ1n) is 13.6. The molecule has 4 heterocycles. The van der Waals surface area contributed by atoms with Crippen LogP contribution in [0, 0.1) is 23.7 Å². The van der Waals surface area contributed by atoms with Crippen LogP contribution in [0.5, 0.6) is 0 Å². The molecule has 6 aliphatic rings. The Labute approximate surface area is 209 Å². The predicted molar refractivity (Wildman–Crippen MR) is 129 cm³/mol. The number of fused-ring (bicyclic) bond motifs is 1. The minimum Gasteiger partial charge on any atom is -0.443 e. The summed E-state index contributed by atoms with van der Waals surface area (Å²) in [5.41, 5.74) is 0.797. The van der Waals surface area contributed by atoms with Crippen molar-refractivity contribution in [2.45, 2.75) is 69.5 Å². The summed E-state index contributed by atoms with van der Waals surface area (Å²) in [5, 5.41) is 0. The summed E-state index contributed by atoms with van der Waals surface area (Å²) >= 11 is 0. The normalized spacial score (nSPS) is 46.3. The van der Waals surface area contributed by atoms with Crippen molar-refractivity contribution >= 4 is 6.09 Å². The SMILES string of the molecule is CO[C@H]1C([C@@]2(C)O[C@@H]2CC=C(C)C)[C@]2(CC[C@H]1OC(=O)N1C[C@@H]3[C@@H](CN4CCOCC4)[C@@H]3C1)CO2. The first kappa shape index (κ1) is 24.2. The number of hydrogen-bond donors (Lipinski definition) is 0. The van der Waals surface area contributed by atoms with Crippen molar-refractivity contribution in [2.75, 3.05) is 59.7 Å². The van der Waals surface area contributed by atoms with Crippen LogP contribution in [0.3, 0.4) is 0 Å².